The van der Waals surface area contributed by atoms with Gasteiger partial charge in [0.15, 0.2) is 0 Å². The van der Waals surface area contributed by atoms with E-state index in [1.165, 1.54) is 90.0 Å². The van der Waals surface area contributed by atoms with Crippen molar-refractivity contribution in [3.8, 4) is 0 Å². The van der Waals surface area contributed by atoms with Crippen LogP contribution in [0, 0.1) is 0 Å². The van der Waals surface area contributed by atoms with Gasteiger partial charge in [0.1, 0.15) is 0 Å². The first-order valence-corrected chi connectivity index (χ1v) is 9.23. The van der Waals surface area contributed by atoms with Gasteiger partial charge in [-0.1, -0.05) is 58.3 Å². The molecule has 1 N–H and O–H groups in total. The van der Waals surface area contributed by atoms with E-state index in [4.69, 9.17) is 4.74 Å². The Labute approximate surface area is 126 Å². The average Bonchev–Trinajstić information content (AvgIpc) is 2.85. The van der Waals surface area contributed by atoms with Gasteiger partial charge in [0.2, 0.25) is 0 Å². The van der Waals surface area contributed by atoms with E-state index < -0.39 is 0 Å². The minimum absolute atomic E-state index is 0.296. The third-order valence-electron chi connectivity index (χ3n) is 5.18. The summed E-state index contributed by atoms with van der Waals surface area (Å²) >= 11 is 0. The quantitative estimate of drug-likeness (QED) is 0.612. The molecule has 0 bridgehead atoms. The fourth-order valence-corrected chi connectivity index (χ4v) is 3.90. The summed E-state index contributed by atoms with van der Waals surface area (Å²) in [5.41, 5.74) is 0.296. The standard InChI is InChI=1S/C18H35NO/c1-2-3-4-5-6-10-15-19-16-17-11-14-18(20-17)12-8-7-9-13-18/h17,19H,2-16H2,1H3. The topological polar surface area (TPSA) is 21.3 Å². The highest BCUT2D eigenvalue weighted by molar-refractivity contribution is 4.91. The van der Waals surface area contributed by atoms with Gasteiger partial charge in [0.25, 0.3) is 0 Å². The predicted octanol–water partition coefficient (Wildman–Crippen LogP) is 4.82. The van der Waals surface area contributed by atoms with E-state index in [2.05, 4.69) is 12.2 Å². The second kappa shape index (κ2) is 9.04. The zero-order valence-corrected chi connectivity index (χ0v) is 13.6. The Kier molecular flexibility index (Phi) is 7.37. The summed E-state index contributed by atoms with van der Waals surface area (Å²) in [7, 11) is 0. The van der Waals surface area contributed by atoms with Gasteiger partial charge in [-0.2, -0.15) is 0 Å². The number of hydrogen-bond donors (Lipinski definition) is 1. The summed E-state index contributed by atoms with van der Waals surface area (Å²) in [5, 5.41) is 3.62. The Morgan fingerprint density at radius 3 is 2.50 bits per heavy atom. The van der Waals surface area contributed by atoms with Crippen LogP contribution in [0.15, 0.2) is 0 Å². The Bertz CT molecular complexity index is 248. The monoisotopic (exact) mass is 281 g/mol. The molecule has 0 aromatic rings. The highest BCUT2D eigenvalue weighted by atomic mass is 16.5. The second-order valence-electron chi connectivity index (χ2n) is 6.99. The Morgan fingerprint density at radius 2 is 1.70 bits per heavy atom. The third-order valence-corrected chi connectivity index (χ3v) is 5.18. The molecule has 1 saturated heterocycles. The van der Waals surface area contributed by atoms with E-state index in [1.807, 2.05) is 0 Å². The van der Waals surface area contributed by atoms with Crippen LogP contribution in [0.4, 0.5) is 0 Å². The van der Waals surface area contributed by atoms with Crippen molar-refractivity contribution in [3.63, 3.8) is 0 Å². The minimum Gasteiger partial charge on any atom is -0.370 e. The lowest BCUT2D eigenvalue weighted by atomic mass is 9.83. The maximum absolute atomic E-state index is 6.39. The van der Waals surface area contributed by atoms with Crippen LogP contribution in [0.5, 0.6) is 0 Å². The van der Waals surface area contributed by atoms with Crippen molar-refractivity contribution in [1.82, 2.24) is 5.32 Å². The molecular weight excluding hydrogens is 246 g/mol. The van der Waals surface area contributed by atoms with Crippen LogP contribution in [0.25, 0.3) is 0 Å². The molecule has 1 heterocycles. The fraction of sp³-hybridized carbons (Fsp3) is 1.00. The second-order valence-corrected chi connectivity index (χ2v) is 6.99. The average molecular weight is 281 g/mol. The maximum Gasteiger partial charge on any atom is 0.0708 e. The molecule has 2 fully saturated rings. The summed E-state index contributed by atoms with van der Waals surface area (Å²) in [5.74, 6) is 0. The molecule has 1 saturated carbocycles. The van der Waals surface area contributed by atoms with Gasteiger partial charge < -0.3 is 10.1 Å². The zero-order valence-electron chi connectivity index (χ0n) is 13.6. The fourth-order valence-electron chi connectivity index (χ4n) is 3.90. The molecule has 1 aliphatic heterocycles. The molecule has 2 nitrogen and oxygen atoms in total. The molecule has 0 radical (unpaired) electrons. The number of hydrogen-bond acceptors (Lipinski definition) is 2. The lowest BCUT2D eigenvalue weighted by Gasteiger charge is -2.33. The van der Waals surface area contributed by atoms with Gasteiger partial charge >= 0.3 is 0 Å². The maximum atomic E-state index is 6.39. The van der Waals surface area contributed by atoms with Crippen LogP contribution in [-0.2, 0) is 4.74 Å². The van der Waals surface area contributed by atoms with Crippen LogP contribution in [-0.4, -0.2) is 24.8 Å². The summed E-state index contributed by atoms with van der Waals surface area (Å²) < 4.78 is 6.39. The van der Waals surface area contributed by atoms with Crippen molar-refractivity contribution in [2.45, 2.75) is 102 Å². The van der Waals surface area contributed by atoms with Crippen molar-refractivity contribution < 1.29 is 4.74 Å². The molecule has 1 spiro atoms. The van der Waals surface area contributed by atoms with Crippen molar-refractivity contribution >= 4 is 0 Å². The van der Waals surface area contributed by atoms with Crippen molar-refractivity contribution in [2.75, 3.05) is 13.1 Å². The summed E-state index contributed by atoms with van der Waals surface area (Å²) in [6.07, 6.45) is 18.2. The summed E-state index contributed by atoms with van der Waals surface area (Å²) in [4.78, 5) is 0. The first-order valence-electron chi connectivity index (χ1n) is 9.23. The lowest BCUT2D eigenvalue weighted by Crippen LogP contribution is -2.34. The van der Waals surface area contributed by atoms with Crippen molar-refractivity contribution in [1.29, 1.82) is 0 Å². The Morgan fingerprint density at radius 1 is 0.950 bits per heavy atom. The van der Waals surface area contributed by atoms with Gasteiger partial charge in [-0.25, -0.2) is 0 Å². The first-order chi connectivity index (χ1) is 9.85. The van der Waals surface area contributed by atoms with E-state index in [0.717, 1.165) is 6.54 Å². The molecule has 1 aliphatic carbocycles. The van der Waals surface area contributed by atoms with Gasteiger partial charge in [0, 0.05) is 6.54 Å². The van der Waals surface area contributed by atoms with Crippen LogP contribution in [0.1, 0.15) is 90.4 Å². The first kappa shape index (κ1) is 16.3. The molecule has 1 unspecified atom stereocenters. The molecule has 0 aromatic heterocycles. The molecule has 2 aliphatic rings. The number of ether oxygens (including phenoxy) is 1. The number of unbranched alkanes of at least 4 members (excludes halogenated alkanes) is 5. The Hall–Kier alpha value is -0.0800. The molecule has 2 rings (SSSR count). The number of rotatable bonds is 9. The van der Waals surface area contributed by atoms with Gasteiger partial charge in [0.05, 0.1) is 11.7 Å². The Balaban J connectivity index is 1.46. The van der Waals surface area contributed by atoms with E-state index >= 15 is 0 Å². The normalized spacial score (nSPS) is 25.4. The molecule has 20 heavy (non-hydrogen) atoms. The van der Waals surface area contributed by atoms with Crippen LogP contribution >= 0.6 is 0 Å². The molecule has 1 atom stereocenters. The van der Waals surface area contributed by atoms with E-state index in [-0.39, 0.29) is 0 Å². The summed E-state index contributed by atoms with van der Waals surface area (Å²) in [6, 6.07) is 0. The molecule has 0 aromatic carbocycles. The SMILES string of the molecule is CCCCCCCCNCC1CCC2(CCCCC2)O1. The highest BCUT2D eigenvalue weighted by Crippen LogP contribution is 2.41. The minimum atomic E-state index is 0.296. The van der Waals surface area contributed by atoms with E-state index in [9.17, 15) is 0 Å². The number of nitrogens with one attached hydrogen (secondary N) is 1. The third kappa shape index (κ3) is 5.37. The molecule has 2 heteroatoms. The van der Waals surface area contributed by atoms with E-state index in [0.29, 0.717) is 11.7 Å². The molecule has 0 amide bonds. The van der Waals surface area contributed by atoms with Crippen LogP contribution in [0.3, 0.4) is 0 Å². The van der Waals surface area contributed by atoms with Crippen LogP contribution < -0.4 is 5.32 Å². The van der Waals surface area contributed by atoms with Crippen LogP contribution in [0.2, 0.25) is 0 Å². The molecule has 118 valence electrons. The lowest BCUT2D eigenvalue weighted by molar-refractivity contribution is -0.0623. The smallest absolute Gasteiger partial charge is 0.0708 e. The largest absolute Gasteiger partial charge is 0.370 e. The predicted molar refractivity (Wildman–Crippen MR) is 86.2 cm³/mol. The molecular formula is C18H35NO. The highest BCUT2D eigenvalue weighted by Gasteiger charge is 2.40. The zero-order chi connectivity index (χ0) is 14.1. The summed E-state index contributed by atoms with van der Waals surface area (Å²) in [6.45, 7) is 4.54. The van der Waals surface area contributed by atoms with Gasteiger partial charge in [-0.15, -0.1) is 0 Å². The van der Waals surface area contributed by atoms with E-state index in [1.54, 1.807) is 0 Å². The van der Waals surface area contributed by atoms with Crippen molar-refractivity contribution in [3.05, 3.63) is 0 Å². The van der Waals surface area contributed by atoms with Crippen molar-refractivity contribution in [2.24, 2.45) is 0 Å². The van der Waals surface area contributed by atoms with Gasteiger partial charge in [-0.05, 0) is 38.6 Å². The van der Waals surface area contributed by atoms with Gasteiger partial charge in [-0.3, -0.25) is 0 Å².